The summed E-state index contributed by atoms with van der Waals surface area (Å²) in [6.07, 6.45) is 3.09. The Kier molecular flexibility index (Phi) is 3.77. The fourth-order valence-electron chi connectivity index (χ4n) is 1.80. The van der Waals surface area contributed by atoms with Gasteiger partial charge in [-0.1, -0.05) is 20.8 Å². The summed E-state index contributed by atoms with van der Waals surface area (Å²) in [5.41, 5.74) is 0.450. The molecule has 15 heavy (non-hydrogen) atoms. The molecular formula is C12H24N2O. The van der Waals surface area contributed by atoms with Crippen LogP contribution in [0.15, 0.2) is 0 Å². The molecule has 0 atom stereocenters. The number of carbonyl (C=O) groups is 1. The summed E-state index contributed by atoms with van der Waals surface area (Å²) in [6.45, 7) is 8.12. The second-order valence-electron chi connectivity index (χ2n) is 6.04. The van der Waals surface area contributed by atoms with Gasteiger partial charge < -0.3 is 10.6 Å². The van der Waals surface area contributed by atoms with E-state index in [-0.39, 0.29) is 11.3 Å². The normalized spacial score (nSPS) is 18.7. The number of nitrogens with one attached hydrogen (secondary N) is 2. The van der Waals surface area contributed by atoms with E-state index >= 15 is 0 Å². The second-order valence-corrected chi connectivity index (χ2v) is 6.04. The second kappa shape index (κ2) is 4.52. The van der Waals surface area contributed by atoms with E-state index in [9.17, 15) is 4.79 Å². The zero-order chi connectivity index (χ0) is 11.5. The zero-order valence-corrected chi connectivity index (χ0v) is 10.4. The fourth-order valence-corrected chi connectivity index (χ4v) is 1.80. The van der Waals surface area contributed by atoms with Gasteiger partial charge in [-0.15, -0.1) is 0 Å². The zero-order valence-electron chi connectivity index (χ0n) is 10.4. The molecule has 1 rings (SSSR count). The molecule has 1 aliphatic carbocycles. The van der Waals surface area contributed by atoms with E-state index in [0.717, 1.165) is 13.1 Å². The van der Waals surface area contributed by atoms with E-state index in [1.807, 2.05) is 7.05 Å². The summed E-state index contributed by atoms with van der Waals surface area (Å²) in [7, 11) is 1.97. The molecule has 0 spiro atoms. The molecule has 0 saturated heterocycles. The van der Waals surface area contributed by atoms with Crippen molar-refractivity contribution in [3.05, 3.63) is 0 Å². The number of carbonyl (C=O) groups excluding carboxylic acids is 1. The van der Waals surface area contributed by atoms with Crippen molar-refractivity contribution in [2.75, 3.05) is 20.1 Å². The maximum absolute atomic E-state index is 11.6. The van der Waals surface area contributed by atoms with Crippen molar-refractivity contribution in [1.82, 2.24) is 10.6 Å². The van der Waals surface area contributed by atoms with Gasteiger partial charge in [0.15, 0.2) is 0 Å². The minimum Gasteiger partial charge on any atom is -0.355 e. The SMILES string of the molecule is CNCC1(CNC(=O)CC(C)(C)C)CC1. The molecule has 0 unspecified atom stereocenters. The molecule has 0 aliphatic heterocycles. The fraction of sp³-hybridized carbons (Fsp3) is 0.917. The Hall–Kier alpha value is -0.570. The summed E-state index contributed by atoms with van der Waals surface area (Å²) in [6, 6.07) is 0. The van der Waals surface area contributed by atoms with Crippen molar-refractivity contribution in [2.45, 2.75) is 40.0 Å². The molecule has 88 valence electrons. The minimum atomic E-state index is 0.0871. The highest BCUT2D eigenvalue weighted by atomic mass is 16.1. The van der Waals surface area contributed by atoms with Gasteiger partial charge in [0.05, 0.1) is 0 Å². The Labute approximate surface area is 93.0 Å². The summed E-state index contributed by atoms with van der Waals surface area (Å²) >= 11 is 0. The van der Waals surface area contributed by atoms with E-state index in [4.69, 9.17) is 0 Å². The van der Waals surface area contributed by atoms with E-state index in [2.05, 4.69) is 31.4 Å². The molecule has 1 aliphatic rings. The molecular weight excluding hydrogens is 188 g/mol. The first kappa shape index (κ1) is 12.5. The van der Waals surface area contributed by atoms with Crippen molar-refractivity contribution in [3.8, 4) is 0 Å². The van der Waals surface area contributed by atoms with Gasteiger partial charge in [-0.3, -0.25) is 4.79 Å². The maximum atomic E-state index is 11.6. The quantitative estimate of drug-likeness (QED) is 0.726. The molecule has 0 aromatic carbocycles. The van der Waals surface area contributed by atoms with Gasteiger partial charge in [0.25, 0.3) is 0 Å². The Balaban J connectivity index is 2.23. The lowest BCUT2D eigenvalue weighted by atomic mass is 9.92. The molecule has 3 nitrogen and oxygen atoms in total. The summed E-state index contributed by atoms with van der Waals surface area (Å²) in [5, 5.41) is 6.24. The minimum absolute atomic E-state index is 0.0871. The summed E-state index contributed by atoms with van der Waals surface area (Å²) in [5.74, 6) is 0.185. The first-order chi connectivity index (χ1) is 6.87. The third kappa shape index (κ3) is 4.65. The molecule has 0 aromatic heterocycles. The average molecular weight is 212 g/mol. The van der Waals surface area contributed by atoms with Crippen molar-refractivity contribution in [1.29, 1.82) is 0 Å². The highest BCUT2D eigenvalue weighted by Gasteiger charge is 2.41. The van der Waals surface area contributed by atoms with Gasteiger partial charge in [0, 0.05) is 24.9 Å². The van der Waals surface area contributed by atoms with Crippen LogP contribution in [0.1, 0.15) is 40.0 Å². The third-order valence-corrected chi connectivity index (χ3v) is 2.86. The molecule has 0 heterocycles. The molecule has 0 radical (unpaired) electrons. The molecule has 2 N–H and O–H groups in total. The lowest BCUT2D eigenvalue weighted by Gasteiger charge is -2.20. The monoisotopic (exact) mass is 212 g/mol. The average Bonchev–Trinajstić information content (AvgIpc) is 2.80. The molecule has 1 saturated carbocycles. The van der Waals surface area contributed by atoms with Crippen LogP contribution in [0.2, 0.25) is 0 Å². The van der Waals surface area contributed by atoms with Gasteiger partial charge in [-0.05, 0) is 25.3 Å². The number of amides is 1. The van der Waals surface area contributed by atoms with Crippen LogP contribution in [0.25, 0.3) is 0 Å². The van der Waals surface area contributed by atoms with E-state index in [1.54, 1.807) is 0 Å². The van der Waals surface area contributed by atoms with E-state index in [1.165, 1.54) is 12.8 Å². The Morgan fingerprint density at radius 2 is 1.87 bits per heavy atom. The Morgan fingerprint density at radius 1 is 1.27 bits per heavy atom. The van der Waals surface area contributed by atoms with Crippen LogP contribution >= 0.6 is 0 Å². The lowest BCUT2D eigenvalue weighted by Crippen LogP contribution is -2.36. The predicted octanol–water partition coefficient (Wildman–Crippen LogP) is 1.54. The van der Waals surface area contributed by atoms with Gasteiger partial charge >= 0.3 is 0 Å². The highest BCUT2D eigenvalue weighted by molar-refractivity contribution is 5.76. The van der Waals surface area contributed by atoms with Crippen LogP contribution in [0, 0.1) is 10.8 Å². The summed E-state index contributed by atoms with van der Waals surface area (Å²) in [4.78, 5) is 11.6. The molecule has 1 amide bonds. The van der Waals surface area contributed by atoms with Crippen LogP contribution in [0.5, 0.6) is 0 Å². The maximum Gasteiger partial charge on any atom is 0.220 e. The molecule has 0 bridgehead atoms. The number of hydrogen-bond donors (Lipinski definition) is 2. The van der Waals surface area contributed by atoms with Gasteiger partial charge in [-0.2, -0.15) is 0 Å². The first-order valence-electron chi connectivity index (χ1n) is 5.78. The van der Waals surface area contributed by atoms with Gasteiger partial charge in [0.2, 0.25) is 5.91 Å². The lowest BCUT2D eigenvalue weighted by molar-refractivity contribution is -0.123. The third-order valence-electron chi connectivity index (χ3n) is 2.86. The van der Waals surface area contributed by atoms with Gasteiger partial charge in [0.1, 0.15) is 0 Å². The predicted molar refractivity (Wildman–Crippen MR) is 62.7 cm³/mol. The van der Waals surface area contributed by atoms with E-state index < -0.39 is 0 Å². The van der Waals surface area contributed by atoms with Crippen molar-refractivity contribution >= 4 is 5.91 Å². The molecule has 0 aromatic rings. The van der Waals surface area contributed by atoms with Crippen molar-refractivity contribution in [3.63, 3.8) is 0 Å². The number of rotatable bonds is 5. The molecule has 1 fully saturated rings. The van der Waals surface area contributed by atoms with Crippen LogP contribution in [0.4, 0.5) is 0 Å². The highest BCUT2D eigenvalue weighted by Crippen LogP contribution is 2.44. The van der Waals surface area contributed by atoms with Crippen LogP contribution in [0.3, 0.4) is 0 Å². The Bertz CT molecular complexity index is 226. The Morgan fingerprint density at radius 3 is 2.27 bits per heavy atom. The molecule has 3 heteroatoms. The first-order valence-corrected chi connectivity index (χ1v) is 5.78. The van der Waals surface area contributed by atoms with Crippen molar-refractivity contribution < 1.29 is 4.79 Å². The van der Waals surface area contributed by atoms with Crippen LogP contribution < -0.4 is 10.6 Å². The topological polar surface area (TPSA) is 41.1 Å². The number of hydrogen-bond acceptors (Lipinski definition) is 2. The smallest absolute Gasteiger partial charge is 0.220 e. The van der Waals surface area contributed by atoms with Crippen LogP contribution in [-0.4, -0.2) is 26.0 Å². The van der Waals surface area contributed by atoms with Crippen molar-refractivity contribution in [2.24, 2.45) is 10.8 Å². The van der Waals surface area contributed by atoms with Crippen LogP contribution in [-0.2, 0) is 4.79 Å². The largest absolute Gasteiger partial charge is 0.355 e. The standard InChI is InChI=1S/C12H24N2O/c1-11(2,3)7-10(15)14-9-12(5-6-12)8-13-4/h13H,5-9H2,1-4H3,(H,14,15). The summed E-state index contributed by atoms with van der Waals surface area (Å²) < 4.78 is 0. The van der Waals surface area contributed by atoms with E-state index in [0.29, 0.717) is 11.8 Å². The van der Waals surface area contributed by atoms with Gasteiger partial charge in [-0.25, -0.2) is 0 Å².